The van der Waals surface area contributed by atoms with Gasteiger partial charge in [0.2, 0.25) is 0 Å². The maximum absolute atomic E-state index is 11.4. The number of carbonyl (C=O) groups is 1. The van der Waals surface area contributed by atoms with E-state index in [4.69, 9.17) is 0 Å². The van der Waals surface area contributed by atoms with Gasteiger partial charge in [0.1, 0.15) is 7.11 Å². The van der Waals surface area contributed by atoms with Crippen molar-refractivity contribution in [2.75, 3.05) is 0 Å². The first kappa shape index (κ1) is 10.7. The monoisotopic (exact) mass is 193 g/mol. The molecule has 0 aliphatic carbocycles. The van der Waals surface area contributed by atoms with Crippen LogP contribution < -0.4 is 0 Å². The van der Waals surface area contributed by atoms with Crippen molar-refractivity contribution >= 4 is 5.97 Å². The van der Waals surface area contributed by atoms with Crippen LogP contribution in [0.15, 0.2) is 12.1 Å². The topological polar surface area (TPSA) is 35.5 Å². The zero-order chi connectivity index (χ0) is 10.7. The number of hydrogen-bond acceptors (Lipinski definition) is 3. The van der Waals surface area contributed by atoms with Gasteiger partial charge in [0.25, 0.3) is 0 Å². The largest absolute Gasteiger partial charge is 0.373 e. The lowest BCUT2D eigenvalue weighted by Gasteiger charge is -2.08. The molecular weight excluding hydrogens is 180 g/mol. The third kappa shape index (κ3) is 2.12. The fourth-order valence-electron chi connectivity index (χ4n) is 1.60. The van der Waals surface area contributed by atoms with Crippen LogP contribution >= 0.6 is 0 Å². The maximum atomic E-state index is 11.4. The molecule has 1 aromatic rings. The smallest absolute Gasteiger partial charge is 0.293 e. The maximum Gasteiger partial charge on any atom is 0.373 e. The zero-order valence-corrected chi connectivity index (χ0v) is 8.59. The van der Waals surface area contributed by atoms with Gasteiger partial charge in [0.15, 0.2) is 0 Å². The van der Waals surface area contributed by atoms with Gasteiger partial charge in [-0.05, 0) is 31.9 Å². The number of benzene rings is 1. The molecule has 0 bridgehead atoms. The number of carbonyl (C=O) groups excluding carboxylic acids is 1. The Hall–Kier alpha value is -1.35. The molecule has 0 aliphatic rings. The first-order valence-corrected chi connectivity index (χ1v) is 4.27. The highest BCUT2D eigenvalue weighted by Crippen LogP contribution is 2.17. The van der Waals surface area contributed by atoms with Gasteiger partial charge < -0.3 is 0 Å². The van der Waals surface area contributed by atoms with Crippen molar-refractivity contribution in [1.82, 2.24) is 0 Å². The molecule has 0 heterocycles. The van der Waals surface area contributed by atoms with Gasteiger partial charge in [-0.3, -0.25) is 4.89 Å². The van der Waals surface area contributed by atoms with E-state index < -0.39 is 5.97 Å². The molecule has 0 N–H and O–H groups in total. The average molecular weight is 193 g/mol. The van der Waals surface area contributed by atoms with Crippen LogP contribution in [-0.4, -0.2) is 5.97 Å². The molecule has 0 unspecified atom stereocenters. The fourth-order valence-corrected chi connectivity index (χ4v) is 1.60. The van der Waals surface area contributed by atoms with Gasteiger partial charge in [0.05, 0.1) is 5.56 Å². The van der Waals surface area contributed by atoms with Crippen LogP contribution in [0.2, 0.25) is 0 Å². The Kier molecular flexibility index (Phi) is 3.25. The first-order chi connectivity index (χ1) is 6.56. The highest BCUT2D eigenvalue weighted by molar-refractivity contribution is 5.92. The van der Waals surface area contributed by atoms with E-state index in [0.717, 1.165) is 16.7 Å². The van der Waals surface area contributed by atoms with Crippen LogP contribution in [0, 0.1) is 27.9 Å². The second-order valence-corrected chi connectivity index (χ2v) is 3.26. The lowest BCUT2D eigenvalue weighted by Crippen LogP contribution is -2.08. The Morgan fingerprint density at radius 3 is 2.14 bits per heavy atom. The zero-order valence-electron chi connectivity index (χ0n) is 8.59. The van der Waals surface area contributed by atoms with Crippen LogP contribution in [-0.2, 0) is 9.78 Å². The van der Waals surface area contributed by atoms with E-state index in [9.17, 15) is 4.79 Å². The van der Waals surface area contributed by atoms with Crippen molar-refractivity contribution in [2.24, 2.45) is 0 Å². The number of aryl methyl sites for hydroxylation is 3. The van der Waals surface area contributed by atoms with Crippen molar-refractivity contribution in [2.45, 2.75) is 20.8 Å². The van der Waals surface area contributed by atoms with Crippen LogP contribution in [0.1, 0.15) is 27.0 Å². The summed E-state index contributed by atoms with van der Waals surface area (Å²) in [4.78, 5) is 19.9. The van der Waals surface area contributed by atoms with Crippen LogP contribution in [0.3, 0.4) is 0 Å². The lowest BCUT2D eigenvalue weighted by molar-refractivity contribution is -0.195. The Bertz CT molecular complexity index is 333. The SMILES string of the molecule is [CH2]OOC(=O)c1c(C)cc(C)cc1C. The van der Waals surface area contributed by atoms with Crippen LogP contribution in [0.25, 0.3) is 0 Å². The van der Waals surface area contributed by atoms with E-state index in [-0.39, 0.29) is 0 Å². The number of hydrogen-bond donors (Lipinski definition) is 0. The van der Waals surface area contributed by atoms with Gasteiger partial charge in [-0.1, -0.05) is 17.7 Å². The minimum absolute atomic E-state index is 0.505. The Morgan fingerprint density at radius 2 is 1.71 bits per heavy atom. The molecule has 0 fully saturated rings. The highest BCUT2D eigenvalue weighted by Gasteiger charge is 2.14. The Labute approximate surface area is 83.6 Å². The van der Waals surface area contributed by atoms with Crippen molar-refractivity contribution < 1.29 is 14.6 Å². The molecule has 0 atom stereocenters. The van der Waals surface area contributed by atoms with Crippen LogP contribution in [0.4, 0.5) is 0 Å². The van der Waals surface area contributed by atoms with E-state index in [1.54, 1.807) is 0 Å². The molecule has 1 radical (unpaired) electrons. The molecule has 0 saturated carbocycles. The van der Waals surface area contributed by atoms with Crippen molar-refractivity contribution in [3.63, 3.8) is 0 Å². The molecular formula is C11H13O3. The first-order valence-electron chi connectivity index (χ1n) is 4.27. The summed E-state index contributed by atoms with van der Waals surface area (Å²) in [7, 11) is 2.98. The number of rotatable bonds is 2. The van der Waals surface area contributed by atoms with E-state index in [1.807, 2.05) is 32.9 Å². The molecule has 0 amide bonds. The normalized spacial score (nSPS) is 10.0. The molecule has 0 aromatic heterocycles. The quantitative estimate of drug-likeness (QED) is 0.534. The lowest BCUT2D eigenvalue weighted by atomic mass is 10.0. The summed E-state index contributed by atoms with van der Waals surface area (Å²) >= 11 is 0. The third-order valence-electron chi connectivity index (χ3n) is 2.02. The molecule has 75 valence electrons. The molecule has 0 saturated heterocycles. The molecule has 14 heavy (non-hydrogen) atoms. The second kappa shape index (κ2) is 4.24. The van der Waals surface area contributed by atoms with Gasteiger partial charge in [-0.25, -0.2) is 4.79 Å². The molecule has 3 nitrogen and oxygen atoms in total. The Morgan fingerprint density at radius 1 is 1.21 bits per heavy atom. The predicted octanol–water partition coefficient (Wildman–Crippen LogP) is 2.49. The summed E-state index contributed by atoms with van der Waals surface area (Å²) in [6, 6.07) is 3.85. The summed E-state index contributed by atoms with van der Waals surface area (Å²) in [5.74, 6) is -0.505. The summed E-state index contributed by atoms with van der Waals surface area (Å²) in [6.07, 6.45) is 0. The minimum Gasteiger partial charge on any atom is -0.293 e. The minimum atomic E-state index is -0.505. The van der Waals surface area contributed by atoms with Gasteiger partial charge in [0, 0.05) is 0 Å². The summed E-state index contributed by atoms with van der Waals surface area (Å²) < 4.78 is 0. The third-order valence-corrected chi connectivity index (χ3v) is 2.02. The fraction of sp³-hybridized carbons (Fsp3) is 0.273. The van der Waals surface area contributed by atoms with Gasteiger partial charge in [-0.2, -0.15) is 4.89 Å². The summed E-state index contributed by atoms with van der Waals surface area (Å²) in [6.45, 7) is 5.70. The molecule has 1 aromatic carbocycles. The van der Waals surface area contributed by atoms with Gasteiger partial charge in [-0.15, -0.1) is 0 Å². The van der Waals surface area contributed by atoms with Crippen molar-refractivity contribution in [3.8, 4) is 0 Å². The van der Waals surface area contributed by atoms with Crippen LogP contribution in [0.5, 0.6) is 0 Å². The molecule has 0 aliphatic heterocycles. The summed E-state index contributed by atoms with van der Waals surface area (Å²) in [5.41, 5.74) is 3.42. The van der Waals surface area contributed by atoms with Crippen molar-refractivity contribution in [1.29, 1.82) is 0 Å². The second-order valence-electron chi connectivity index (χ2n) is 3.26. The van der Waals surface area contributed by atoms with E-state index in [1.165, 1.54) is 0 Å². The summed E-state index contributed by atoms with van der Waals surface area (Å²) in [5, 5.41) is 0. The molecule has 3 heteroatoms. The van der Waals surface area contributed by atoms with Gasteiger partial charge >= 0.3 is 5.97 Å². The molecule has 0 spiro atoms. The van der Waals surface area contributed by atoms with Crippen molar-refractivity contribution in [3.05, 3.63) is 41.5 Å². The van der Waals surface area contributed by atoms with E-state index >= 15 is 0 Å². The highest BCUT2D eigenvalue weighted by atomic mass is 17.2. The Balaban J connectivity index is 3.14. The standard InChI is InChI=1S/C11H13O3/c1-7-5-8(2)10(9(3)6-7)11(12)14-13-4/h5-6H,4H2,1-3H3. The van der Waals surface area contributed by atoms with E-state index in [2.05, 4.69) is 16.9 Å². The molecule has 1 rings (SSSR count). The average Bonchev–Trinajstić information content (AvgIpc) is 2.01. The van der Waals surface area contributed by atoms with E-state index in [0.29, 0.717) is 5.56 Å². The predicted molar refractivity (Wildman–Crippen MR) is 52.5 cm³/mol.